The van der Waals surface area contributed by atoms with Crippen LogP contribution in [0.2, 0.25) is 10.0 Å². The van der Waals surface area contributed by atoms with E-state index < -0.39 is 0 Å². The number of ketones is 2. The summed E-state index contributed by atoms with van der Waals surface area (Å²) in [6.45, 7) is 7.80. The number of hydrogen-bond donors (Lipinski definition) is 1. The molecule has 3 rings (SSSR count). The van der Waals surface area contributed by atoms with Crippen molar-refractivity contribution in [1.29, 1.82) is 0 Å². The maximum absolute atomic E-state index is 12.2. The molecule has 5 nitrogen and oxygen atoms in total. The molecule has 0 aromatic heterocycles. The van der Waals surface area contributed by atoms with Gasteiger partial charge in [-0.2, -0.15) is 5.10 Å². The van der Waals surface area contributed by atoms with Crippen molar-refractivity contribution in [2.24, 2.45) is 16.0 Å². The zero-order chi connectivity index (χ0) is 19.7. The Morgan fingerprint density at radius 3 is 2.44 bits per heavy atom. The maximum atomic E-state index is 12.2. The number of hydrogen-bond acceptors (Lipinski definition) is 5. The third kappa shape index (κ3) is 4.20. The maximum Gasteiger partial charge on any atom is 0.189 e. The molecule has 0 fully saturated rings. The van der Waals surface area contributed by atoms with Gasteiger partial charge in [0.2, 0.25) is 0 Å². The number of halogens is 2. The van der Waals surface area contributed by atoms with Crippen LogP contribution in [0.5, 0.6) is 0 Å². The van der Waals surface area contributed by atoms with Crippen molar-refractivity contribution in [1.82, 2.24) is 5.43 Å². The summed E-state index contributed by atoms with van der Waals surface area (Å²) in [7, 11) is 0. The van der Waals surface area contributed by atoms with Gasteiger partial charge in [-0.1, -0.05) is 43.6 Å². The molecule has 0 radical (unpaired) electrons. The third-order valence-electron chi connectivity index (χ3n) is 4.43. The Balaban J connectivity index is 1.90. The van der Waals surface area contributed by atoms with E-state index in [0.717, 1.165) is 11.3 Å². The molecule has 2 heterocycles. The van der Waals surface area contributed by atoms with Gasteiger partial charge in [-0.05, 0) is 29.7 Å². The van der Waals surface area contributed by atoms with Gasteiger partial charge >= 0.3 is 0 Å². The fourth-order valence-electron chi connectivity index (χ4n) is 3.00. The highest BCUT2D eigenvalue weighted by atomic mass is 35.5. The lowest BCUT2D eigenvalue weighted by atomic mass is 9.93. The highest BCUT2D eigenvalue weighted by molar-refractivity contribution is 6.48. The Bertz CT molecular complexity index is 920. The molecule has 0 saturated carbocycles. The number of nitrogens with zero attached hydrogens (tertiary/aromatic N) is 2. The van der Waals surface area contributed by atoms with Gasteiger partial charge in [0.15, 0.2) is 11.6 Å². The predicted octanol–water partition coefficient (Wildman–Crippen LogP) is 3.92. The standard InChI is InChI=1S/C20H19Cl2N3O2/c1-10(2)14-7-13(23-9-19(14)27)8-15-16(21)5-12(6-17(15)22)20-18(26)4-11(3)24-25-20/h5-7,10,24H,3-4,8-9H2,1-2H3. The van der Waals surface area contributed by atoms with Crippen LogP contribution in [0.15, 0.2) is 46.2 Å². The first-order valence-corrected chi connectivity index (χ1v) is 9.33. The number of dihydropyridines is 1. The molecule has 27 heavy (non-hydrogen) atoms. The molecule has 0 aliphatic carbocycles. The van der Waals surface area contributed by atoms with E-state index in [-0.39, 0.29) is 36.2 Å². The van der Waals surface area contributed by atoms with Crippen LogP contribution in [0.3, 0.4) is 0 Å². The Kier molecular flexibility index (Phi) is 5.63. The topological polar surface area (TPSA) is 70.9 Å². The summed E-state index contributed by atoms with van der Waals surface area (Å²) in [5.74, 6) is 0.0383. The minimum absolute atomic E-state index is 0.0456. The van der Waals surface area contributed by atoms with Crippen molar-refractivity contribution >= 4 is 46.2 Å². The van der Waals surface area contributed by atoms with Crippen molar-refractivity contribution in [3.63, 3.8) is 0 Å². The van der Waals surface area contributed by atoms with Crippen LogP contribution in [0.1, 0.15) is 31.4 Å². The number of carbonyl (C=O) groups excluding carboxylic acids is 2. The summed E-state index contributed by atoms with van der Waals surface area (Å²) in [6, 6.07) is 3.35. The van der Waals surface area contributed by atoms with E-state index in [9.17, 15) is 9.59 Å². The van der Waals surface area contributed by atoms with Crippen LogP contribution >= 0.6 is 23.2 Å². The second-order valence-electron chi connectivity index (χ2n) is 6.86. The van der Waals surface area contributed by atoms with Crippen LogP contribution in [-0.2, 0) is 16.0 Å². The Morgan fingerprint density at radius 2 is 1.85 bits per heavy atom. The van der Waals surface area contributed by atoms with E-state index in [1.807, 2.05) is 19.9 Å². The first kappa shape index (κ1) is 19.5. The summed E-state index contributed by atoms with van der Waals surface area (Å²) in [5.41, 5.74) is 6.34. The number of aliphatic imine (C=N–C) groups is 1. The van der Waals surface area contributed by atoms with Gasteiger partial charge in [0, 0.05) is 39.0 Å². The summed E-state index contributed by atoms with van der Waals surface area (Å²) in [5, 5.41) is 4.91. The van der Waals surface area contributed by atoms with Gasteiger partial charge in [-0.25, -0.2) is 0 Å². The van der Waals surface area contributed by atoms with Crippen LogP contribution in [0.4, 0.5) is 0 Å². The van der Waals surface area contributed by atoms with E-state index in [0.29, 0.717) is 33.3 Å². The monoisotopic (exact) mass is 403 g/mol. The van der Waals surface area contributed by atoms with Gasteiger partial charge < -0.3 is 0 Å². The zero-order valence-electron chi connectivity index (χ0n) is 15.1. The molecule has 0 atom stereocenters. The average molecular weight is 404 g/mol. The Hall–Kier alpha value is -2.24. The Morgan fingerprint density at radius 1 is 1.19 bits per heavy atom. The highest BCUT2D eigenvalue weighted by Crippen LogP contribution is 2.29. The second kappa shape index (κ2) is 7.79. The molecule has 0 amide bonds. The number of benzene rings is 1. The molecular weight excluding hydrogens is 385 g/mol. The minimum atomic E-state index is -0.140. The molecule has 1 aromatic rings. The quantitative estimate of drug-likeness (QED) is 0.827. The average Bonchev–Trinajstić information content (AvgIpc) is 2.59. The lowest BCUT2D eigenvalue weighted by molar-refractivity contribution is -0.115. The number of carbonyl (C=O) groups is 2. The highest BCUT2D eigenvalue weighted by Gasteiger charge is 2.23. The first-order chi connectivity index (χ1) is 12.8. The van der Waals surface area contributed by atoms with Gasteiger partial charge in [0.25, 0.3) is 0 Å². The smallest absolute Gasteiger partial charge is 0.189 e. The molecule has 1 aromatic carbocycles. The SMILES string of the molecule is C=C1CC(=O)C(c2cc(Cl)c(CC3=NCC(=O)C(C(C)C)=C3)c(Cl)c2)=NN1. The van der Waals surface area contributed by atoms with Gasteiger partial charge in [-0.15, -0.1) is 0 Å². The van der Waals surface area contributed by atoms with Crippen molar-refractivity contribution in [2.75, 3.05) is 6.54 Å². The van der Waals surface area contributed by atoms with Crippen molar-refractivity contribution < 1.29 is 9.59 Å². The van der Waals surface area contributed by atoms with Gasteiger partial charge in [-0.3, -0.25) is 20.0 Å². The van der Waals surface area contributed by atoms with Crippen molar-refractivity contribution in [3.8, 4) is 0 Å². The van der Waals surface area contributed by atoms with Gasteiger partial charge in [0.1, 0.15) is 12.3 Å². The predicted molar refractivity (Wildman–Crippen MR) is 109 cm³/mol. The van der Waals surface area contributed by atoms with E-state index in [1.165, 1.54) is 0 Å². The molecule has 7 heteroatoms. The van der Waals surface area contributed by atoms with Crippen LogP contribution < -0.4 is 5.43 Å². The fraction of sp³-hybridized carbons (Fsp3) is 0.300. The van der Waals surface area contributed by atoms with Crippen LogP contribution in [-0.4, -0.2) is 29.5 Å². The lowest BCUT2D eigenvalue weighted by Crippen LogP contribution is -2.27. The van der Waals surface area contributed by atoms with Crippen LogP contribution in [0.25, 0.3) is 0 Å². The first-order valence-electron chi connectivity index (χ1n) is 8.57. The molecule has 140 valence electrons. The largest absolute Gasteiger partial charge is 0.292 e. The van der Waals surface area contributed by atoms with Crippen LogP contribution in [0, 0.1) is 5.92 Å². The molecule has 2 aliphatic heterocycles. The molecule has 1 N–H and O–H groups in total. The van der Waals surface area contributed by atoms with Gasteiger partial charge in [0.05, 0.1) is 6.42 Å². The summed E-state index contributed by atoms with van der Waals surface area (Å²) in [4.78, 5) is 28.5. The normalized spacial score (nSPS) is 17.5. The zero-order valence-corrected chi connectivity index (χ0v) is 16.6. The summed E-state index contributed by atoms with van der Waals surface area (Å²) >= 11 is 12.9. The van der Waals surface area contributed by atoms with Crippen molar-refractivity contribution in [3.05, 3.63) is 57.2 Å². The van der Waals surface area contributed by atoms with E-state index >= 15 is 0 Å². The summed E-state index contributed by atoms with van der Waals surface area (Å²) in [6.07, 6.45) is 2.42. The van der Waals surface area contributed by atoms with Crippen molar-refractivity contribution in [2.45, 2.75) is 26.7 Å². The molecule has 0 unspecified atom stereocenters. The van der Waals surface area contributed by atoms with E-state index in [1.54, 1.807) is 12.1 Å². The Labute approximate surface area is 167 Å². The number of allylic oxidation sites excluding steroid dienone is 2. The molecule has 0 bridgehead atoms. The van der Waals surface area contributed by atoms with E-state index in [2.05, 4.69) is 22.1 Å². The molecule has 2 aliphatic rings. The number of rotatable bonds is 4. The number of nitrogens with one attached hydrogen (secondary N) is 1. The second-order valence-corrected chi connectivity index (χ2v) is 7.67. The minimum Gasteiger partial charge on any atom is -0.292 e. The fourth-order valence-corrected chi connectivity index (χ4v) is 3.62. The lowest BCUT2D eigenvalue weighted by Gasteiger charge is -2.18. The third-order valence-corrected chi connectivity index (χ3v) is 5.10. The number of Topliss-reactive ketones (excluding diaryl/α,β-unsaturated/α-hetero) is 2. The molecule has 0 spiro atoms. The number of hydrazone groups is 1. The molecular formula is C20H19Cl2N3O2. The van der Waals surface area contributed by atoms with E-state index in [4.69, 9.17) is 23.2 Å². The summed E-state index contributed by atoms with van der Waals surface area (Å²) < 4.78 is 0. The molecule has 0 saturated heterocycles.